The van der Waals surface area contributed by atoms with Crippen LogP contribution < -0.4 is 0 Å². The maximum atomic E-state index is 13.2. The van der Waals surface area contributed by atoms with Gasteiger partial charge >= 0.3 is 0 Å². The lowest BCUT2D eigenvalue weighted by atomic mass is 10.2. The summed E-state index contributed by atoms with van der Waals surface area (Å²) in [5.74, 6) is -0.775. The number of nitriles is 2. The summed E-state index contributed by atoms with van der Waals surface area (Å²) in [4.78, 5) is -0.172. The third-order valence-electron chi connectivity index (χ3n) is 2.87. The molecule has 1 aromatic carbocycles. The van der Waals surface area contributed by atoms with E-state index >= 15 is 0 Å². The van der Waals surface area contributed by atoms with Crippen LogP contribution in [0, 0.1) is 28.5 Å². The first-order valence-electron chi connectivity index (χ1n) is 5.70. The topological polar surface area (TPSA) is 94.2 Å². The molecule has 0 bridgehead atoms. The fourth-order valence-corrected chi connectivity index (χ4v) is 3.27. The third kappa shape index (κ3) is 2.63. The summed E-state index contributed by atoms with van der Waals surface area (Å²) in [6.07, 6.45) is -0.825. The largest absolute Gasteiger partial charge is 0.361 e. The third-order valence-corrected chi connectivity index (χ3v) is 4.73. The van der Waals surface area contributed by atoms with Crippen molar-refractivity contribution in [1.82, 2.24) is 4.31 Å². The average molecular weight is 295 g/mol. The molecule has 8 heteroatoms. The number of ether oxygens (including phenoxy) is 1. The van der Waals surface area contributed by atoms with Crippen LogP contribution in [0.5, 0.6) is 0 Å². The van der Waals surface area contributed by atoms with Crippen molar-refractivity contribution < 1.29 is 17.5 Å². The molecule has 1 saturated heterocycles. The number of sulfonamides is 1. The smallest absolute Gasteiger partial charge is 0.243 e. The lowest BCUT2D eigenvalue weighted by Crippen LogP contribution is -2.45. The molecular weight excluding hydrogens is 285 g/mol. The molecule has 104 valence electrons. The quantitative estimate of drug-likeness (QED) is 0.796. The van der Waals surface area contributed by atoms with Crippen molar-refractivity contribution in [3.63, 3.8) is 0 Å². The zero-order valence-corrected chi connectivity index (χ0v) is 11.1. The van der Waals surface area contributed by atoms with E-state index in [1.54, 1.807) is 6.07 Å². The Balaban J connectivity index is 2.36. The van der Waals surface area contributed by atoms with Gasteiger partial charge in [-0.05, 0) is 18.2 Å². The van der Waals surface area contributed by atoms with Crippen LogP contribution >= 0.6 is 0 Å². The van der Waals surface area contributed by atoms with E-state index in [-0.39, 0.29) is 30.2 Å². The number of hydrogen-bond acceptors (Lipinski definition) is 5. The van der Waals surface area contributed by atoms with E-state index in [2.05, 4.69) is 0 Å². The Labute approximate surface area is 115 Å². The molecule has 1 aliphatic rings. The average Bonchev–Trinajstić information content (AvgIpc) is 2.47. The first-order valence-corrected chi connectivity index (χ1v) is 7.14. The second-order valence-electron chi connectivity index (χ2n) is 4.11. The van der Waals surface area contributed by atoms with Gasteiger partial charge in [-0.2, -0.15) is 14.8 Å². The van der Waals surface area contributed by atoms with Crippen LogP contribution in [-0.4, -0.2) is 38.5 Å². The Hall–Kier alpha value is -2.00. The number of nitrogens with zero attached hydrogens (tertiary/aromatic N) is 3. The van der Waals surface area contributed by atoms with E-state index in [1.165, 1.54) is 0 Å². The Kier molecular flexibility index (Phi) is 4.00. The molecule has 1 aliphatic heterocycles. The van der Waals surface area contributed by atoms with Crippen molar-refractivity contribution in [2.24, 2.45) is 0 Å². The molecule has 20 heavy (non-hydrogen) atoms. The van der Waals surface area contributed by atoms with Gasteiger partial charge in [0.25, 0.3) is 0 Å². The molecule has 2 rings (SSSR count). The number of rotatable bonds is 2. The number of benzene rings is 1. The van der Waals surface area contributed by atoms with Crippen LogP contribution in [0.1, 0.15) is 5.56 Å². The van der Waals surface area contributed by atoms with E-state index in [9.17, 15) is 12.8 Å². The fourth-order valence-electron chi connectivity index (χ4n) is 1.82. The lowest BCUT2D eigenvalue weighted by molar-refractivity contribution is 0.0311. The van der Waals surface area contributed by atoms with Gasteiger partial charge in [-0.25, -0.2) is 12.8 Å². The van der Waals surface area contributed by atoms with Crippen molar-refractivity contribution in [3.05, 3.63) is 29.6 Å². The number of morpholine rings is 1. The second kappa shape index (κ2) is 5.55. The van der Waals surface area contributed by atoms with Gasteiger partial charge in [0.1, 0.15) is 11.9 Å². The molecule has 1 unspecified atom stereocenters. The highest BCUT2D eigenvalue weighted by Crippen LogP contribution is 2.21. The predicted octanol–water partition coefficient (Wildman–Crippen LogP) is 0.610. The number of halogens is 1. The Morgan fingerprint density at radius 3 is 2.80 bits per heavy atom. The minimum Gasteiger partial charge on any atom is -0.361 e. The molecule has 6 nitrogen and oxygen atoms in total. The highest BCUT2D eigenvalue weighted by atomic mass is 32.2. The summed E-state index contributed by atoms with van der Waals surface area (Å²) < 4.78 is 44.1. The molecule has 0 aliphatic carbocycles. The Bertz CT molecular complexity index is 706. The molecule has 0 N–H and O–H groups in total. The normalized spacial score (nSPS) is 20.1. The standard InChI is InChI=1S/C12H10FN3O3S/c13-12-2-1-11(5-9(12)6-14)20(17,18)16-3-4-19-10(7-15)8-16/h1-2,5,10H,3-4,8H2. The van der Waals surface area contributed by atoms with Gasteiger partial charge in [0, 0.05) is 6.54 Å². The van der Waals surface area contributed by atoms with Crippen LogP contribution in [0.2, 0.25) is 0 Å². The minimum absolute atomic E-state index is 0.0852. The van der Waals surface area contributed by atoms with Crippen LogP contribution in [0.25, 0.3) is 0 Å². The molecule has 0 spiro atoms. The molecule has 1 aromatic rings. The van der Waals surface area contributed by atoms with Gasteiger partial charge < -0.3 is 4.74 Å². The zero-order chi connectivity index (χ0) is 14.8. The van der Waals surface area contributed by atoms with E-state index in [4.69, 9.17) is 15.3 Å². The van der Waals surface area contributed by atoms with E-state index in [1.807, 2.05) is 6.07 Å². The van der Waals surface area contributed by atoms with Gasteiger partial charge in [-0.1, -0.05) is 0 Å². The van der Waals surface area contributed by atoms with Crippen LogP contribution in [0.3, 0.4) is 0 Å². The van der Waals surface area contributed by atoms with Crippen molar-refractivity contribution in [1.29, 1.82) is 10.5 Å². The molecule has 1 atom stereocenters. The van der Waals surface area contributed by atoms with E-state index in [0.29, 0.717) is 0 Å². The molecule has 1 fully saturated rings. The van der Waals surface area contributed by atoms with Gasteiger partial charge in [0.2, 0.25) is 10.0 Å². The zero-order valence-electron chi connectivity index (χ0n) is 10.3. The second-order valence-corrected chi connectivity index (χ2v) is 6.04. The van der Waals surface area contributed by atoms with Crippen LogP contribution in [-0.2, 0) is 14.8 Å². The van der Waals surface area contributed by atoms with Gasteiger partial charge in [-0.15, -0.1) is 0 Å². The highest BCUT2D eigenvalue weighted by molar-refractivity contribution is 7.89. The summed E-state index contributed by atoms with van der Waals surface area (Å²) >= 11 is 0. The fraction of sp³-hybridized carbons (Fsp3) is 0.333. The maximum absolute atomic E-state index is 13.2. The first kappa shape index (κ1) is 14.4. The van der Waals surface area contributed by atoms with Crippen molar-refractivity contribution in [2.75, 3.05) is 19.7 Å². The number of hydrogen-bond donors (Lipinski definition) is 0. The summed E-state index contributed by atoms with van der Waals surface area (Å²) in [5.41, 5.74) is -0.337. The van der Waals surface area contributed by atoms with Gasteiger partial charge in [-0.3, -0.25) is 0 Å². The summed E-state index contributed by atoms with van der Waals surface area (Å²) in [5, 5.41) is 17.5. The van der Waals surface area contributed by atoms with Crippen LogP contribution in [0.15, 0.2) is 23.1 Å². The first-order chi connectivity index (χ1) is 9.48. The monoisotopic (exact) mass is 295 g/mol. The molecule has 0 radical (unpaired) electrons. The maximum Gasteiger partial charge on any atom is 0.243 e. The molecule has 1 heterocycles. The SMILES string of the molecule is N#Cc1cc(S(=O)(=O)N2CCOC(C#N)C2)ccc1F. The summed E-state index contributed by atoms with van der Waals surface area (Å²) in [7, 11) is -3.87. The van der Waals surface area contributed by atoms with Crippen molar-refractivity contribution in [3.8, 4) is 12.1 Å². The van der Waals surface area contributed by atoms with E-state index in [0.717, 1.165) is 22.5 Å². The Morgan fingerprint density at radius 1 is 1.40 bits per heavy atom. The van der Waals surface area contributed by atoms with Crippen LogP contribution in [0.4, 0.5) is 4.39 Å². The van der Waals surface area contributed by atoms with Gasteiger partial charge in [0.15, 0.2) is 6.10 Å². The van der Waals surface area contributed by atoms with Gasteiger partial charge in [0.05, 0.1) is 29.7 Å². The Morgan fingerprint density at radius 2 is 2.15 bits per heavy atom. The lowest BCUT2D eigenvalue weighted by Gasteiger charge is -2.28. The van der Waals surface area contributed by atoms with E-state index < -0.39 is 21.9 Å². The molecular formula is C12H10FN3O3S. The highest BCUT2D eigenvalue weighted by Gasteiger charge is 2.31. The minimum atomic E-state index is -3.87. The van der Waals surface area contributed by atoms with Crippen molar-refractivity contribution in [2.45, 2.75) is 11.0 Å². The summed E-state index contributed by atoms with van der Waals surface area (Å²) in [6, 6.07) is 6.47. The molecule has 0 amide bonds. The summed E-state index contributed by atoms with van der Waals surface area (Å²) in [6.45, 7) is 0.141. The molecule has 0 saturated carbocycles. The predicted molar refractivity (Wildman–Crippen MR) is 65.2 cm³/mol. The molecule has 0 aromatic heterocycles. The van der Waals surface area contributed by atoms with Crippen molar-refractivity contribution >= 4 is 10.0 Å².